The minimum absolute atomic E-state index is 0.0514. The van der Waals surface area contributed by atoms with Crippen LogP contribution >= 0.6 is 25.9 Å². The second-order valence-electron chi connectivity index (χ2n) is 9.09. The van der Waals surface area contributed by atoms with Crippen LogP contribution in [0.25, 0.3) is 0 Å². The fourth-order valence-corrected chi connectivity index (χ4v) is 8.15. The number of ether oxygens (including phenoxy) is 2. The summed E-state index contributed by atoms with van der Waals surface area (Å²) in [7, 11) is -5.55. The van der Waals surface area contributed by atoms with Gasteiger partial charge in [0, 0.05) is 5.56 Å². The molecule has 0 spiro atoms. The molecule has 3 rings (SSSR count). The van der Waals surface area contributed by atoms with Crippen LogP contribution in [0.3, 0.4) is 0 Å². The number of primary amides is 1. The normalized spacial score (nSPS) is 36.9. The van der Waals surface area contributed by atoms with Crippen molar-refractivity contribution >= 4 is 49.3 Å². The molecule has 2 aliphatic heterocycles. The van der Waals surface area contributed by atoms with Gasteiger partial charge in [-0.25, -0.2) is 13.3 Å². The van der Waals surface area contributed by atoms with E-state index in [2.05, 4.69) is 21.1 Å². The molecule has 0 saturated carbocycles. The summed E-state index contributed by atoms with van der Waals surface area (Å²) >= 11 is 5.54. The maximum absolute atomic E-state index is 13.9. The third-order valence-corrected chi connectivity index (χ3v) is 10.8. The lowest BCUT2D eigenvalue weighted by Crippen LogP contribution is -2.60. The van der Waals surface area contributed by atoms with Crippen molar-refractivity contribution in [3.63, 3.8) is 0 Å². The van der Waals surface area contributed by atoms with Crippen LogP contribution in [-0.2, 0) is 39.2 Å². The van der Waals surface area contributed by atoms with Crippen LogP contribution in [0.5, 0.6) is 0 Å². The van der Waals surface area contributed by atoms with Gasteiger partial charge in [-0.2, -0.15) is 0 Å². The standard InChI is InChI=1S/C20H29FN2O15P2S2/c1-2-3-20(30)16(28)9(35-17(20)7-6-42-15(10(7)22)18(23)29)5-34-40(33,41)38-39(31,32)37-19-13(27)11(25)12(26)14(36-19)8(21)4-24/h3,6,8-9,11-14,16-17,19,24-28,30H,1,4-5,22H2,(H2,23,29)(H,31,32)(H,33,41)/t8-,9+,11?,12?,13?,14?,16+,17-,19?,20+,40?/m0/s1. The number of carbonyl (C=O) groups excluding carboxylic acids is 1. The zero-order valence-electron chi connectivity index (χ0n) is 21.2. The van der Waals surface area contributed by atoms with E-state index in [0.29, 0.717) is 0 Å². The van der Waals surface area contributed by atoms with Gasteiger partial charge in [-0.05, 0) is 23.3 Å². The highest BCUT2D eigenvalue weighted by Gasteiger charge is 2.56. The summed E-state index contributed by atoms with van der Waals surface area (Å²) < 4.78 is 51.0. The fraction of sp³-hybridized carbons (Fsp3) is 0.600. The first kappa shape index (κ1) is 35.3. The molecule has 1 aromatic heterocycles. The first-order valence-corrected chi connectivity index (χ1v) is 16.6. The molecule has 2 aliphatic rings. The third kappa shape index (κ3) is 7.35. The summed E-state index contributed by atoms with van der Waals surface area (Å²) in [5.74, 6) is -0.857. The number of halogens is 1. The Labute approximate surface area is 245 Å². The van der Waals surface area contributed by atoms with Crippen molar-refractivity contribution in [3.8, 4) is 0 Å². The Hall–Kier alpha value is -1.22. The van der Waals surface area contributed by atoms with Crippen molar-refractivity contribution in [2.24, 2.45) is 5.73 Å². The average molecular weight is 683 g/mol. The molecule has 2 fully saturated rings. The molecule has 2 saturated heterocycles. The molecular weight excluding hydrogens is 653 g/mol. The van der Waals surface area contributed by atoms with E-state index in [1.807, 2.05) is 0 Å². The minimum Gasteiger partial charge on any atom is -0.397 e. The Kier molecular flexibility index (Phi) is 11.3. The summed E-state index contributed by atoms with van der Waals surface area (Å²) in [6.07, 6.45) is -16.9. The number of nitrogens with two attached hydrogens (primary N) is 2. The highest BCUT2D eigenvalue weighted by Crippen LogP contribution is 2.62. The lowest BCUT2D eigenvalue weighted by Gasteiger charge is -2.41. The van der Waals surface area contributed by atoms with Crippen LogP contribution in [0.4, 0.5) is 10.1 Å². The van der Waals surface area contributed by atoms with Gasteiger partial charge in [0.05, 0.1) is 18.9 Å². The van der Waals surface area contributed by atoms with Crippen molar-refractivity contribution in [1.29, 1.82) is 0 Å². The van der Waals surface area contributed by atoms with Crippen molar-refractivity contribution in [2.75, 3.05) is 18.9 Å². The van der Waals surface area contributed by atoms with E-state index in [0.717, 1.165) is 17.4 Å². The number of aliphatic hydroxyl groups excluding tert-OH is 5. The molecular formula is C20H29FN2O15P2S2. The van der Waals surface area contributed by atoms with Crippen molar-refractivity contribution in [2.45, 2.75) is 60.8 Å². The Bertz CT molecular complexity index is 1300. The Balaban J connectivity index is 1.72. The second kappa shape index (κ2) is 13.4. The van der Waals surface area contributed by atoms with E-state index >= 15 is 0 Å². The number of carbonyl (C=O) groups is 1. The molecule has 1 aromatic rings. The lowest BCUT2D eigenvalue weighted by atomic mass is 9.87. The third-order valence-electron chi connectivity index (χ3n) is 6.24. The van der Waals surface area contributed by atoms with Crippen molar-refractivity contribution in [1.82, 2.24) is 0 Å². The van der Waals surface area contributed by atoms with Gasteiger partial charge >= 0.3 is 14.5 Å². The number of nitrogen functional groups attached to an aromatic ring is 1. The number of phosphoric ester groups is 1. The summed E-state index contributed by atoms with van der Waals surface area (Å²) in [4.78, 5) is 32.0. The maximum atomic E-state index is 13.9. The van der Waals surface area contributed by atoms with Gasteiger partial charge in [-0.15, -0.1) is 17.1 Å². The number of hydrogen-bond acceptors (Lipinski definition) is 16. The molecule has 0 radical (unpaired) electrons. The number of hydrogen-bond donors (Lipinski definition) is 10. The van der Waals surface area contributed by atoms with Gasteiger partial charge < -0.3 is 65.9 Å². The number of phosphoric acid groups is 1. The largest absolute Gasteiger partial charge is 0.481 e. The average Bonchev–Trinajstić information content (AvgIpc) is 3.39. The highest BCUT2D eigenvalue weighted by atomic mass is 32.5. The van der Waals surface area contributed by atoms with Crippen molar-refractivity contribution < 1.29 is 77.0 Å². The topological polar surface area (TPSA) is 294 Å². The molecule has 12 N–H and O–H groups in total. The van der Waals surface area contributed by atoms with Gasteiger partial charge in [0.1, 0.15) is 53.2 Å². The van der Waals surface area contributed by atoms with Gasteiger partial charge in [-0.1, -0.05) is 6.58 Å². The number of thiophene rings is 1. The zero-order chi connectivity index (χ0) is 31.8. The van der Waals surface area contributed by atoms with E-state index in [1.54, 1.807) is 0 Å². The molecule has 1 amide bonds. The molecule has 22 heteroatoms. The first-order valence-electron chi connectivity index (χ1n) is 11.6. The molecule has 12 atom stereocenters. The predicted octanol–water partition coefficient (Wildman–Crippen LogP) is -2.19. The number of rotatable bonds is 12. The van der Waals surface area contributed by atoms with E-state index in [4.69, 9.17) is 42.4 Å². The van der Waals surface area contributed by atoms with Crippen LogP contribution in [-0.4, -0.2) is 114 Å². The Morgan fingerprint density at radius 3 is 2.48 bits per heavy atom. The molecule has 3 heterocycles. The molecule has 0 bridgehead atoms. The monoisotopic (exact) mass is 682 g/mol. The minimum atomic E-state index is -5.55. The smallest absolute Gasteiger partial charge is 0.397 e. The SMILES string of the molecule is C=C=C[C@@]1(O)[C@H](O)[C@@H](COP(O)(=S)OP(=O)(O)OC2OC([C@@H](F)CO)C(O)C(O)C2O)O[C@H]1c1csc(C(N)=O)c1N. The molecule has 7 unspecified atom stereocenters. The molecule has 0 aromatic carbocycles. The van der Waals surface area contributed by atoms with E-state index in [1.165, 1.54) is 5.38 Å². The predicted molar refractivity (Wildman–Crippen MR) is 143 cm³/mol. The number of amides is 1. The lowest BCUT2D eigenvalue weighted by molar-refractivity contribution is -0.287. The molecule has 0 aliphatic carbocycles. The van der Waals surface area contributed by atoms with Crippen LogP contribution < -0.4 is 11.5 Å². The van der Waals surface area contributed by atoms with Gasteiger partial charge in [0.25, 0.3) is 5.91 Å². The Morgan fingerprint density at radius 1 is 1.29 bits per heavy atom. The van der Waals surface area contributed by atoms with Crippen LogP contribution in [0.1, 0.15) is 21.3 Å². The number of anilines is 1. The summed E-state index contributed by atoms with van der Waals surface area (Å²) in [5.41, 5.74) is 11.2. The van der Waals surface area contributed by atoms with Crippen LogP contribution in [0.15, 0.2) is 23.8 Å². The highest BCUT2D eigenvalue weighted by molar-refractivity contribution is 8.08. The summed E-state index contributed by atoms with van der Waals surface area (Å²) in [5, 5.41) is 62.1. The first-order chi connectivity index (χ1) is 19.4. The fourth-order valence-electron chi connectivity index (χ4n) is 4.20. The van der Waals surface area contributed by atoms with Gasteiger partial charge in [0.2, 0.25) is 0 Å². The summed E-state index contributed by atoms with van der Waals surface area (Å²) in [6.45, 7) is -3.49. The number of aliphatic hydroxyl groups is 6. The second-order valence-corrected chi connectivity index (χ2v) is 14.4. The molecule has 238 valence electrons. The van der Waals surface area contributed by atoms with Crippen molar-refractivity contribution in [3.05, 3.63) is 34.2 Å². The zero-order valence-corrected chi connectivity index (χ0v) is 24.6. The number of alkyl halides is 1. The van der Waals surface area contributed by atoms with Gasteiger partial charge in [0.15, 0.2) is 12.5 Å². The summed E-state index contributed by atoms with van der Waals surface area (Å²) in [6, 6.07) is 0. The molecule has 42 heavy (non-hydrogen) atoms. The van der Waals surface area contributed by atoms with E-state index in [-0.39, 0.29) is 16.1 Å². The van der Waals surface area contributed by atoms with E-state index in [9.17, 15) is 49.1 Å². The van der Waals surface area contributed by atoms with Crippen LogP contribution in [0, 0.1) is 0 Å². The van der Waals surface area contributed by atoms with Crippen LogP contribution in [0.2, 0.25) is 0 Å². The quantitative estimate of drug-likeness (QED) is 0.0827. The van der Waals surface area contributed by atoms with E-state index < -0.39 is 94.5 Å². The van der Waals surface area contributed by atoms with Gasteiger partial charge in [-0.3, -0.25) is 9.32 Å². The Morgan fingerprint density at radius 2 is 1.93 bits per heavy atom. The maximum Gasteiger partial charge on any atom is 0.481 e. The molecule has 17 nitrogen and oxygen atoms in total.